The van der Waals surface area contributed by atoms with Gasteiger partial charge in [-0.15, -0.1) is 0 Å². The number of aromatic nitrogens is 2. The first kappa shape index (κ1) is 20.0. The van der Waals surface area contributed by atoms with Gasteiger partial charge in [0.25, 0.3) is 11.5 Å². The van der Waals surface area contributed by atoms with E-state index in [1.807, 2.05) is 0 Å². The molecule has 0 saturated heterocycles. The van der Waals surface area contributed by atoms with E-state index in [9.17, 15) is 14.4 Å². The summed E-state index contributed by atoms with van der Waals surface area (Å²) in [6.07, 6.45) is 0.768. The molecule has 1 aliphatic heterocycles. The molecule has 8 nitrogen and oxygen atoms in total. The van der Waals surface area contributed by atoms with Crippen LogP contribution in [0.2, 0.25) is 5.02 Å². The number of amides is 1. The van der Waals surface area contributed by atoms with E-state index in [1.165, 1.54) is 6.07 Å². The number of hydrogen-bond acceptors (Lipinski definition) is 5. The number of carbonyl (C=O) groups excluding carboxylic acids is 1. The van der Waals surface area contributed by atoms with E-state index >= 15 is 0 Å². The lowest BCUT2D eigenvalue weighted by Gasteiger charge is -2.12. The topological polar surface area (TPSA) is 102 Å². The van der Waals surface area contributed by atoms with Crippen molar-refractivity contribution in [2.75, 3.05) is 13.2 Å². The second-order valence-corrected chi connectivity index (χ2v) is 7.29. The molecule has 0 fully saturated rings. The predicted octanol–water partition coefficient (Wildman–Crippen LogP) is 2.45. The lowest BCUT2D eigenvalue weighted by Crippen LogP contribution is -2.34. The molecule has 4 rings (SSSR count). The predicted molar refractivity (Wildman–Crippen MR) is 113 cm³/mol. The molecule has 9 heteroatoms. The summed E-state index contributed by atoms with van der Waals surface area (Å²) in [7, 11) is 0. The van der Waals surface area contributed by atoms with Crippen LogP contribution in [0, 0.1) is 0 Å². The van der Waals surface area contributed by atoms with Crippen LogP contribution in [0.3, 0.4) is 0 Å². The Hall–Kier alpha value is -3.26. The first-order valence-electron chi connectivity index (χ1n) is 9.61. The van der Waals surface area contributed by atoms with Crippen LogP contribution in [0.25, 0.3) is 10.9 Å². The number of hydrogen-bond donors (Lipinski definition) is 2. The lowest BCUT2D eigenvalue weighted by molar-refractivity contribution is 0.0951. The van der Waals surface area contributed by atoms with Crippen molar-refractivity contribution in [3.8, 4) is 11.5 Å². The average Bonchev–Trinajstić information content (AvgIpc) is 2.98. The zero-order valence-electron chi connectivity index (χ0n) is 16.3. The second-order valence-electron chi connectivity index (χ2n) is 6.88. The summed E-state index contributed by atoms with van der Waals surface area (Å²) < 4.78 is 12.4. The molecule has 1 aliphatic rings. The van der Waals surface area contributed by atoms with Gasteiger partial charge in [0, 0.05) is 25.1 Å². The van der Waals surface area contributed by atoms with Crippen LogP contribution >= 0.6 is 11.6 Å². The van der Waals surface area contributed by atoms with Crippen molar-refractivity contribution in [2.45, 2.75) is 26.4 Å². The third-order valence-corrected chi connectivity index (χ3v) is 5.16. The van der Waals surface area contributed by atoms with Crippen LogP contribution < -0.4 is 26.0 Å². The van der Waals surface area contributed by atoms with Crippen LogP contribution in [0.4, 0.5) is 0 Å². The number of aromatic amines is 1. The molecule has 0 aliphatic carbocycles. The summed E-state index contributed by atoms with van der Waals surface area (Å²) in [6.45, 7) is 3.28. The second kappa shape index (κ2) is 8.23. The SMILES string of the molecule is CCn1c(=O)[nH]c2cc(C(=O)NCc3cc(Cl)c4c(c3)OCCCO4)ccc2c1=O. The molecule has 0 spiro atoms. The molecule has 0 unspecified atom stereocenters. The largest absolute Gasteiger partial charge is 0.489 e. The fourth-order valence-corrected chi connectivity index (χ4v) is 3.64. The van der Waals surface area contributed by atoms with Crippen molar-refractivity contribution in [3.63, 3.8) is 0 Å². The van der Waals surface area contributed by atoms with Crippen LogP contribution in [-0.2, 0) is 13.1 Å². The zero-order valence-corrected chi connectivity index (χ0v) is 17.0. The molecule has 1 aromatic heterocycles. The van der Waals surface area contributed by atoms with Gasteiger partial charge in [-0.25, -0.2) is 4.79 Å². The highest BCUT2D eigenvalue weighted by Gasteiger charge is 2.16. The van der Waals surface area contributed by atoms with Gasteiger partial charge in [-0.3, -0.25) is 14.2 Å². The quantitative estimate of drug-likeness (QED) is 0.663. The number of fused-ring (bicyclic) bond motifs is 2. The van der Waals surface area contributed by atoms with E-state index < -0.39 is 5.69 Å². The molecule has 3 aromatic rings. The maximum absolute atomic E-state index is 12.6. The molecule has 156 valence electrons. The summed E-state index contributed by atoms with van der Waals surface area (Å²) in [6, 6.07) is 8.10. The molecule has 2 heterocycles. The maximum Gasteiger partial charge on any atom is 0.328 e. The van der Waals surface area contributed by atoms with E-state index in [2.05, 4.69) is 10.3 Å². The van der Waals surface area contributed by atoms with Crippen molar-refractivity contribution < 1.29 is 14.3 Å². The summed E-state index contributed by atoms with van der Waals surface area (Å²) in [5.74, 6) is 0.723. The molecule has 0 saturated carbocycles. The Morgan fingerprint density at radius 3 is 2.80 bits per heavy atom. The molecular weight excluding hydrogens is 410 g/mol. The van der Waals surface area contributed by atoms with Crippen molar-refractivity contribution in [1.82, 2.24) is 14.9 Å². The van der Waals surface area contributed by atoms with E-state index in [4.69, 9.17) is 21.1 Å². The minimum atomic E-state index is -0.505. The van der Waals surface area contributed by atoms with Crippen molar-refractivity contribution >= 4 is 28.4 Å². The van der Waals surface area contributed by atoms with Gasteiger partial charge < -0.3 is 19.8 Å². The number of benzene rings is 2. The third-order valence-electron chi connectivity index (χ3n) is 4.88. The number of halogens is 1. The van der Waals surface area contributed by atoms with Gasteiger partial charge in [0.15, 0.2) is 11.5 Å². The summed E-state index contributed by atoms with van der Waals surface area (Å²) in [5, 5.41) is 3.59. The summed E-state index contributed by atoms with van der Waals surface area (Å²) in [5.41, 5.74) is 0.519. The van der Waals surface area contributed by atoms with E-state index in [0.717, 1.165) is 16.6 Å². The van der Waals surface area contributed by atoms with E-state index in [1.54, 1.807) is 31.2 Å². The van der Waals surface area contributed by atoms with Gasteiger partial charge in [0.05, 0.1) is 29.1 Å². The van der Waals surface area contributed by atoms with Crippen molar-refractivity contribution in [2.24, 2.45) is 0 Å². The lowest BCUT2D eigenvalue weighted by atomic mass is 10.1. The normalized spacial score (nSPS) is 13.1. The Kier molecular flexibility index (Phi) is 5.50. The first-order valence-corrected chi connectivity index (χ1v) is 9.99. The summed E-state index contributed by atoms with van der Waals surface area (Å²) in [4.78, 5) is 39.6. The smallest absolute Gasteiger partial charge is 0.328 e. The highest BCUT2D eigenvalue weighted by atomic mass is 35.5. The third kappa shape index (κ3) is 3.78. The molecule has 1 amide bonds. The van der Waals surface area contributed by atoms with Crippen LogP contribution in [0.1, 0.15) is 29.3 Å². The standard InChI is InChI=1S/C21H20ClN3O5/c1-2-25-20(27)14-5-4-13(10-16(14)24-21(25)28)19(26)23-11-12-8-15(22)18-17(9-12)29-6-3-7-30-18/h4-5,8-10H,2-3,6-7,11H2,1H3,(H,23,26)(H,24,28). The first-order chi connectivity index (χ1) is 14.5. The Balaban J connectivity index is 1.55. The minimum Gasteiger partial charge on any atom is -0.489 e. The molecule has 2 N–H and O–H groups in total. The highest BCUT2D eigenvalue weighted by molar-refractivity contribution is 6.32. The highest BCUT2D eigenvalue weighted by Crippen LogP contribution is 2.37. The van der Waals surface area contributed by atoms with Gasteiger partial charge in [-0.1, -0.05) is 11.6 Å². The Labute approximate surface area is 176 Å². The number of carbonyl (C=O) groups is 1. The minimum absolute atomic E-state index is 0.223. The monoisotopic (exact) mass is 429 g/mol. The fraction of sp³-hybridized carbons (Fsp3) is 0.286. The number of nitrogens with zero attached hydrogens (tertiary/aromatic N) is 1. The average molecular weight is 430 g/mol. The van der Waals surface area contributed by atoms with E-state index in [0.29, 0.717) is 46.2 Å². The van der Waals surface area contributed by atoms with Gasteiger partial charge in [0.2, 0.25) is 0 Å². The van der Waals surface area contributed by atoms with Gasteiger partial charge >= 0.3 is 5.69 Å². The fourth-order valence-electron chi connectivity index (χ4n) is 3.35. The zero-order chi connectivity index (χ0) is 21.3. The number of nitrogens with one attached hydrogen (secondary N) is 2. The van der Waals surface area contributed by atoms with Crippen LogP contribution in [0.5, 0.6) is 11.5 Å². The van der Waals surface area contributed by atoms with Gasteiger partial charge in [-0.05, 0) is 42.8 Å². The molecular formula is C21H20ClN3O5. The Morgan fingerprint density at radius 1 is 1.20 bits per heavy atom. The number of ether oxygens (including phenoxy) is 2. The summed E-state index contributed by atoms with van der Waals surface area (Å²) >= 11 is 6.29. The van der Waals surface area contributed by atoms with E-state index in [-0.39, 0.29) is 24.6 Å². The van der Waals surface area contributed by atoms with Gasteiger partial charge in [-0.2, -0.15) is 0 Å². The number of rotatable bonds is 4. The number of H-pyrrole nitrogens is 1. The molecule has 0 bridgehead atoms. The molecule has 30 heavy (non-hydrogen) atoms. The molecule has 2 aromatic carbocycles. The molecule has 0 radical (unpaired) electrons. The molecule has 0 atom stereocenters. The van der Waals surface area contributed by atoms with Crippen molar-refractivity contribution in [1.29, 1.82) is 0 Å². The van der Waals surface area contributed by atoms with Crippen molar-refractivity contribution in [3.05, 3.63) is 67.3 Å². The maximum atomic E-state index is 12.6. The van der Waals surface area contributed by atoms with Crippen LogP contribution in [0.15, 0.2) is 39.9 Å². The Bertz CT molecular complexity index is 1250. The Morgan fingerprint density at radius 2 is 2.00 bits per heavy atom. The van der Waals surface area contributed by atoms with Crippen LogP contribution in [-0.4, -0.2) is 28.7 Å². The van der Waals surface area contributed by atoms with Gasteiger partial charge in [0.1, 0.15) is 0 Å².